The first-order valence-electron chi connectivity index (χ1n) is 6.64. The van der Waals surface area contributed by atoms with Gasteiger partial charge in [0.25, 0.3) is 0 Å². The van der Waals surface area contributed by atoms with E-state index in [9.17, 15) is 4.79 Å². The third-order valence-corrected chi connectivity index (χ3v) is 3.55. The van der Waals surface area contributed by atoms with Crippen LogP contribution in [0.5, 0.6) is 0 Å². The molecule has 2 atom stereocenters. The molecule has 0 spiro atoms. The first-order chi connectivity index (χ1) is 7.69. The molecule has 0 radical (unpaired) electrons. The molecule has 2 unspecified atom stereocenters. The van der Waals surface area contributed by atoms with E-state index in [-0.39, 0.29) is 5.92 Å². The summed E-state index contributed by atoms with van der Waals surface area (Å²) in [4.78, 5) is 13.5. The topological polar surface area (TPSA) is 40.5 Å². The van der Waals surface area contributed by atoms with E-state index in [4.69, 9.17) is 5.11 Å². The number of carbonyl (C=O) groups is 1. The highest BCUT2D eigenvalue weighted by molar-refractivity contribution is 5.70. The number of hydrogen-bond donors (Lipinski definition) is 1. The van der Waals surface area contributed by atoms with Crippen molar-refractivity contribution in [3.05, 3.63) is 0 Å². The Bertz CT molecular complexity index is 212. The lowest BCUT2D eigenvalue weighted by molar-refractivity contribution is -0.143. The van der Waals surface area contributed by atoms with E-state index in [1.807, 2.05) is 0 Å². The van der Waals surface area contributed by atoms with Gasteiger partial charge in [-0.15, -0.1) is 0 Å². The zero-order valence-corrected chi connectivity index (χ0v) is 10.6. The van der Waals surface area contributed by atoms with Crippen LogP contribution >= 0.6 is 0 Å². The number of aliphatic carboxylic acids is 1. The van der Waals surface area contributed by atoms with Crippen molar-refractivity contribution >= 4 is 5.97 Å². The van der Waals surface area contributed by atoms with Crippen LogP contribution in [-0.2, 0) is 4.79 Å². The minimum atomic E-state index is -0.588. The van der Waals surface area contributed by atoms with E-state index < -0.39 is 5.97 Å². The number of nitrogens with zero attached hydrogens (tertiary/aromatic N) is 1. The summed E-state index contributed by atoms with van der Waals surface area (Å²) >= 11 is 0. The Morgan fingerprint density at radius 3 is 2.38 bits per heavy atom. The van der Waals surface area contributed by atoms with E-state index in [0.29, 0.717) is 5.92 Å². The van der Waals surface area contributed by atoms with Crippen molar-refractivity contribution in [2.45, 2.75) is 46.0 Å². The molecule has 0 aliphatic heterocycles. The molecule has 3 nitrogen and oxygen atoms in total. The summed E-state index contributed by atoms with van der Waals surface area (Å²) in [6.45, 7) is 7.57. The summed E-state index contributed by atoms with van der Waals surface area (Å²) in [5.74, 6) is -0.290. The first-order valence-corrected chi connectivity index (χ1v) is 6.64. The fourth-order valence-electron chi connectivity index (χ4n) is 2.84. The third-order valence-electron chi connectivity index (χ3n) is 3.55. The van der Waals surface area contributed by atoms with Gasteiger partial charge in [0.2, 0.25) is 0 Å². The van der Waals surface area contributed by atoms with Crippen LogP contribution in [0, 0.1) is 11.8 Å². The summed E-state index contributed by atoms with van der Waals surface area (Å²) in [6, 6.07) is 0. The van der Waals surface area contributed by atoms with Gasteiger partial charge in [0.15, 0.2) is 0 Å². The molecule has 0 amide bonds. The van der Waals surface area contributed by atoms with Gasteiger partial charge in [0.1, 0.15) is 0 Å². The Hall–Kier alpha value is -0.570. The maximum atomic E-state index is 11.1. The van der Waals surface area contributed by atoms with Crippen LogP contribution in [-0.4, -0.2) is 35.6 Å². The SMILES string of the molecule is CCCN(CCC)CC1CCCC1C(=O)O. The van der Waals surface area contributed by atoms with E-state index in [0.717, 1.165) is 51.7 Å². The van der Waals surface area contributed by atoms with Crippen LogP contribution in [0.15, 0.2) is 0 Å². The highest BCUT2D eigenvalue weighted by Crippen LogP contribution is 2.32. The summed E-state index contributed by atoms with van der Waals surface area (Å²) in [5.41, 5.74) is 0. The highest BCUT2D eigenvalue weighted by atomic mass is 16.4. The first kappa shape index (κ1) is 13.5. The molecule has 0 heterocycles. The van der Waals surface area contributed by atoms with E-state index in [2.05, 4.69) is 18.7 Å². The van der Waals surface area contributed by atoms with Crippen LogP contribution < -0.4 is 0 Å². The van der Waals surface area contributed by atoms with Gasteiger partial charge in [-0.05, 0) is 44.7 Å². The third kappa shape index (κ3) is 3.78. The van der Waals surface area contributed by atoms with Gasteiger partial charge < -0.3 is 10.0 Å². The Morgan fingerprint density at radius 1 is 1.25 bits per heavy atom. The van der Waals surface area contributed by atoms with E-state index in [1.54, 1.807) is 0 Å². The zero-order valence-electron chi connectivity index (χ0n) is 10.6. The van der Waals surface area contributed by atoms with Crippen molar-refractivity contribution in [2.75, 3.05) is 19.6 Å². The molecule has 1 aliphatic rings. The molecular formula is C13H25NO2. The summed E-state index contributed by atoms with van der Waals surface area (Å²) < 4.78 is 0. The van der Waals surface area contributed by atoms with Gasteiger partial charge in [-0.2, -0.15) is 0 Å². The molecule has 1 saturated carbocycles. The monoisotopic (exact) mass is 227 g/mol. The highest BCUT2D eigenvalue weighted by Gasteiger charge is 2.33. The minimum Gasteiger partial charge on any atom is -0.481 e. The molecule has 1 rings (SSSR count). The van der Waals surface area contributed by atoms with Gasteiger partial charge in [0, 0.05) is 6.54 Å². The molecule has 1 N–H and O–H groups in total. The van der Waals surface area contributed by atoms with E-state index in [1.165, 1.54) is 0 Å². The molecule has 3 heteroatoms. The number of hydrogen-bond acceptors (Lipinski definition) is 2. The van der Waals surface area contributed by atoms with Crippen molar-refractivity contribution in [3.63, 3.8) is 0 Å². The number of carboxylic acids is 1. The van der Waals surface area contributed by atoms with Crippen LogP contribution in [0.4, 0.5) is 0 Å². The second-order valence-corrected chi connectivity index (χ2v) is 4.94. The quantitative estimate of drug-likeness (QED) is 0.727. The van der Waals surface area contributed by atoms with Crippen molar-refractivity contribution in [3.8, 4) is 0 Å². The maximum absolute atomic E-state index is 11.1. The second kappa shape index (κ2) is 6.89. The molecule has 16 heavy (non-hydrogen) atoms. The largest absolute Gasteiger partial charge is 0.481 e. The molecule has 94 valence electrons. The lowest BCUT2D eigenvalue weighted by Crippen LogP contribution is -2.34. The predicted octanol–water partition coefficient (Wildman–Crippen LogP) is 2.61. The van der Waals surface area contributed by atoms with Crippen molar-refractivity contribution in [1.29, 1.82) is 0 Å². The molecule has 0 aromatic rings. The maximum Gasteiger partial charge on any atom is 0.306 e. The number of rotatable bonds is 7. The lowest BCUT2D eigenvalue weighted by Gasteiger charge is -2.26. The Labute approximate surface area is 98.8 Å². The molecule has 1 aliphatic carbocycles. The van der Waals surface area contributed by atoms with Crippen LogP contribution in [0.1, 0.15) is 46.0 Å². The molecule has 0 saturated heterocycles. The van der Waals surface area contributed by atoms with Crippen LogP contribution in [0.3, 0.4) is 0 Å². The normalized spacial score (nSPS) is 25.2. The smallest absolute Gasteiger partial charge is 0.306 e. The van der Waals surface area contributed by atoms with E-state index >= 15 is 0 Å². The van der Waals surface area contributed by atoms with Crippen molar-refractivity contribution in [1.82, 2.24) is 4.90 Å². The summed E-state index contributed by atoms with van der Waals surface area (Å²) in [6.07, 6.45) is 5.38. The van der Waals surface area contributed by atoms with Gasteiger partial charge in [-0.1, -0.05) is 20.3 Å². The summed E-state index contributed by atoms with van der Waals surface area (Å²) in [5, 5.41) is 9.14. The van der Waals surface area contributed by atoms with Gasteiger partial charge in [-0.25, -0.2) is 0 Å². The second-order valence-electron chi connectivity index (χ2n) is 4.94. The lowest BCUT2D eigenvalue weighted by atomic mass is 9.95. The predicted molar refractivity (Wildman–Crippen MR) is 65.5 cm³/mol. The molecule has 0 aromatic heterocycles. The minimum absolute atomic E-state index is 0.0868. The Kier molecular flexibility index (Phi) is 5.81. The van der Waals surface area contributed by atoms with Gasteiger partial charge in [-0.3, -0.25) is 4.79 Å². The van der Waals surface area contributed by atoms with Crippen LogP contribution in [0.25, 0.3) is 0 Å². The summed E-state index contributed by atoms with van der Waals surface area (Å²) in [7, 11) is 0. The average molecular weight is 227 g/mol. The van der Waals surface area contributed by atoms with Crippen molar-refractivity contribution < 1.29 is 9.90 Å². The standard InChI is InChI=1S/C13H25NO2/c1-3-8-14(9-4-2)10-11-6-5-7-12(11)13(15)16/h11-12H,3-10H2,1-2H3,(H,15,16). The zero-order chi connectivity index (χ0) is 12.0. The van der Waals surface area contributed by atoms with Crippen LogP contribution in [0.2, 0.25) is 0 Å². The average Bonchev–Trinajstić information content (AvgIpc) is 2.66. The molecule has 0 bridgehead atoms. The molecule has 0 aromatic carbocycles. The fraction of sp³-hybridized carbons (Fsp3) is 0.923. The fourth-order valence-corrected chi connectivity index (χ4v) is 2.84. The Balaban J connectivity index is 2.45. The molecule has 1 fully saturated rings. The number of carboxylic acid groups (broad SMARTS) is 1. The Morgan fingerprint density at radius 2 is 1.88 bits per heavy atom. The van der Waals surface area contributed by atoms with Gasteiger partial charge >= 0.3 is 5.97 Å². The molecular weight excluding hydrogens is 202 g/mol. The van der Waals surface area contributed by atoms with Crippen molar-refractivity contribution in [2.24, 2.45) is 11.8 Å². The van der Waals surface area contributed by atoms with Gasteiger partial charge in [0.05, 0.1) is 5.92 Å².